The van der Waals surface area contributed by atoms with Crippen molar-refractivity contribution in [3.05, 3.63) is 24.2 Å². The summed E-state index contributed by atoms with van der Waals surface area (Å²) in [7, 11) is 3.14. The van der Waals surface area contributed by atoms with Crippen LogP contribution < -0.4 is 11.1 Å². The Morgan fingerprint density at radius 1 is 1.33 bits per heavy atom. The minimum Gasteiger partial charge on any atom is -0.368 e. The number of amides is 3. The lowest BCUT2D eigenvalue weighted by Crippen LogP contribution is -2.49. The minimum atomic E-state index is -0.740. The summed E-state index contributed by atoms with van der Waals surface area (Å²) in [5.41, 5.74) is 5.42. The molecule has 1 aromatic rings. The number of nitrogens with two attached hydrogens (primary N) is 1. The molecule has 0 saturated heterocycles. The van der Waals surface area contributed by atoms with Gasteiger partial charge >= 0.3 is 0 Å². The summed E-state index contributed by atoms with van der Waals surface area (Å²) in [4.78, 5) is 41.8. The van der Waals surface area contributed by atoms with Gasteiger partial charge in [0, 0.05) is 14.1 Å². The lowest BCUT2D eigenvalue weighted by Gasteiger charge is -2.28. The summed E-state index contributed by atoms with van der Waals surface area (Å²) >= 11 is 0. The van der Waals surface area contributed by atoms with Crippen molar-refractivity contribution in [3.8, 4) is 0 Å². The van der Waals surface area contributed by atoms with E-state index in [4.69, 9.17) is 5.73 Å². The number of anilines is 1. The van der Waals surface area contributed by atoms with Gasteiger partial charge in [-0.2, -0.15) is 0 Å². The van der Waals surface area contributed by atoms with Crippen LogP contribution in [0.25, 0.3) is 0 Å². The number of aromatic nitrogens is 2. The Morgan fingerprint density at radius 3 is 2.48 bits per heavy atom. The van der Waals surface area contributed by atoms with Crippen LogP contribution in [0.1, 0.15) is 51.2 Å². The Morgan fingerprint density at radius 2 is 1.96 bits per heavy atom. The maximum Gasteiger partial charge on any atom is 0.290 e. The number of hydrogen-bond acceptors (Lipinski definition) is 4. The average Bonchev–Trinajstić information content (AvgIpc) is 2.93. The number of carbonyl (C=O) groups is 3. The Balaban J connectivity index is 2.87. The van der Waals surface area contributed by atoms with Gasteiger partial charge in [-0.15, -0.1) is 0 Å². The molecular weight excluding hydrogens is 346 g/mol. The molecule has 0 aromatic carbocycles. The maximum atomic E-state index is 12.7. The van der Waals surface area contributed by atoms with Gasteiger partial charge < -0.3 is 20.5 Å². The molecule has 27 heavy (non-hydrogen) atoms. The number of primary amides is 1. The van der Waals surface area contributed by atoms with E-state index in [1.807, 2.05) is 19.9 Å². The molecule has 0 aliphatic carbocycles. The highest BCUT2D eigenvalue weighted by Gasteiger charge is 2.30. The van der Waals surface area contributed by atoms with Crippen LogP contribution in [0.15, 0.2) is 18.3 Å². The summed E-state index contributed by atoms with van der Waals surface area (Å²) in [6, 6.07) is -0.740. The summed E-state index contributed by atoms with van der Waals surface area (Å²) in [5, 5.41) is 2.70. The molecule has 2 atom stereocenters. The number of nitrogens with one attached hydrogen (secondary N) is 1. The first-order valence-corrected chi connectivity index (χ1v) is 9.15. The van der Waals surface area contributed by atoms with Gasteiger partial charge in [0.2, 0.25) is 17.6 Å². The Kier molecular flexibility index (Phi) is 8.21. The molecule has 3 amide bonds. The van der Waals surface area contributed by atoms with Crippen LogP contribution >= 0.6 is 0 Å². The number of hydrogen-bond donors (Lipinski definition) is 2. The number of carbonyl (C=O) groups excluding carboxylic acids is 3. The van der Waals surface area contributed by atoms with Crippen LogP contribution in [0, 0.1) is 11.8 Å². The highest BCUT2D eigenvalue weighted by Crippen LogP contribution is 2.15. The Hall–Kier alpha value is -2.64. The van der Waals surface area contributed by atoms with Crippen LogP contribution in [0.5, 0.6) is 0 Å². The molecule has 0 bridgehead atoms. The van der Waals surface area contributed by atoms with Gasteiger partial charge in [-0.3, -0.25) is 14.4 Å². The van der Waals surface area contributed by atoms with E-state index in [9.17, 15) is 14.4 Å². The molecular formula is C19H31N5O3. The second-order valence-corrected chi connectivity index (χ2v) is 7.17. The van der Waals surface area contributed by atoms with Gasteiger partial charge in [0.05, 0.1) is 6.20 Å². The fourth-order valence-electron chi connectivity index (χ4n) is 2.72. The molecule has 150 valence electrons. The molecule has 1 unspecified atom stereocenters. The summed E-state index contributed by atoms with van der Waals surface area (Å²) in [6.07, 6.45) is 6.60. The summed E-state index contributed by atoms with van der Waals surface area (Å²) < 4.78 is 1.48. The lowest BCUT2D eigenvalue weighted by molar-refractivity contribution is -0.123. The zero-order valence-corrected chi connectivity index (χ0v) is 17.0. The topological polar surface area (TPSA) is 110 Å². The molecule has 3 N–H and O–H groups in total. The van der Waals surface area contributed by atoms with Crippen molar-refractivity contribution in [3.63, 3.8) is 0 Å². The van der Waals surface area contributed by atoms with Gasteiger partial charge in [0.25, 0.3) is 5.91 Å². The number of nitrogens with zero attached hydrogens (tertiary/aromatic N) is 3. The van der Waals surface area contributed by atoms with Crippen LogP contribution in [0.2, 0.25) is 0 Å². The second kappa shape index (κ2) is 9.89. The maximum absolute atomic E-state index is 12.7. The van der Waals surface area contributed by atoms with Gasteiger partial charge in [-0.05, 0) is 24.3 Å². The lowest BCUT2D eigenvalue weighted by atomic mass is 10.0. The van der Waals surface area contributed by atoms with E-state index in [2.05, 4.69) is 24.1 Å². The first-order valence-electron chi connectivity index (χ1n) is 9.15. The standard InChI is InChI=1S/C19H31N5O3/c1-7-13(4)9-8-10-15(25)22-14-11-21-18(23(14)5)19(27)24(6)16(12(2)3)17(20)26/h8,10-13,16H,7,9H2,1-6H3,(H2,20,26)(H,22,25)/b10-8+/t13?,16-/m1/s1. The largest absolute Gasteiger partial charge is 0.368 e. The van der Waals surface area contributed by atoms with Gasteiger partial charge in [0.15, 0.2) is 0 Å². The first-order chi connectivity index (χ1) is 12.6. The number of imidazole rings is 1. The van der Waals surface area contributed by atoms with Crippen LogP contribution in [-0.2, 0) is 16.6 Å². The zero-order valence-electron chi connectivity index (χ0n) is 17.0. The molecule has 1 rings (SSSR count). The van der Waals surface area contributed by atoms with Crippen molar-refractivity contribution in [2.24, 2.45) is 24.6 Å². The van der Waals surface area contributed by atoms with E-state index in [-0.39, 0.29) is 17.6 Å². The second-order valence-electron chi connectivity index (χ2n) is 7.17. The molecule has 0 fully saturated rings. The first kappa shape index (κ1) is 22.4. The molecule has 1 aromatic heterocycles. The van der Waals surface area contributed by atoms with Crippen molar-refractivity contribution in [1.29, 1.82) is 0 Å². The van der Waals surface area contributed by atoms with Crippen LogP contribution in [0.4, 0.5) is 5.82 Å². The van der Waals surface area contributed by atoms with Gasteiger partial charge in [-0.25, -0.2) is 4.98 Å². The normalized spacial score (nSPS) is 13.6. The van der Waals surface area contributed by atoms with E-state index in [1.165, 1.54) is 28.8 Å². The molecule has 0 aliphatic heterocycles. The Bertz CT molecular complexity index is 708. The summed E-state index contributed by atoms with van der Waals surface area (Å²) in [6.45, 7) is 7.85. The van der Waals surface area contributed by atoms with Crippen LogP contribution in [-0.4, -0.2) is 45.3 Å². The van der Waals surface area contributed by atoms with Gasteiger partial charge in [-0.1, -0.05) is 40.2 Å². The van der Waals surface area contributed by atoms with Crippen molar-refractivity contribution < 1.29 is 14.4 Å². The SMILES string of the molecule is CCC(C)C/C=C/C(=O)Nc1cnc(C(=O)N(C)[C@@H](C(N)=O)C(C)C)n1C. The fraction of sp³-hybridized carbons (Fsp3) is 0.579. The number of rotatable bonds is 9. The zero-order chi connectivity index (χ0) is 20.7. The van der Waals surface area contributed by atoms with E-state index in [0.717, 1.165) is 12.8 Å². The highest BCUT2D eigenvalue weighted by atomic mass is 16.2. The smallest absolute Gasteiger partial charge is 0.290 e. The van der Waals surface area contributed by atoms with E-state index >= 15 is 0 Å². The van der Waals surface area contributed by atoms with E-state index in [1.54, 1.807) is 7.05 Å². The molecule has 0 spiro atoms. The van der Waals surface area contributed by atoms with Crippen molar-refractivity contribution in [2.45, 2.75) is 46.6 Å². The number of likely N-dealkylation sites (N-methyl/N-ethyl adjacent to an activating group) is 1. The molecule has 0 aliphatic rings. The highest BCUT2D eigenvalue weighted by molar-refractivity contribution is 6.00. The number of allylic oxidation sites excluding steroid dienone is 1. The quantitative estimate of drug-likeness (QED) is 0.641. The van der Waals surface area contributed by atoms with Crippen LogP contribution in [0.3, 0.4) is 0 Å². The van der Waals surface area contributed by atoms with Crippen molar-refractivity contribution >= 4 is 23.5 Å². The monoisotopic (exact) mass is 377 g/mol. The fourth-order valence-corrected chi connectivity index (χ4v) is 2.72. The van der Waals surface area contributed by atoms with E-state index in [0.29, 0.717) is 11.7 Å². The third kappa shape index (κ3) is 5.94. The molecule has 8 nitrogen and oxygen atoms in total. The third-order valence-corrected chi connectivity index (χ3v) is 4.60. The van der Waals surface area contributed by atoms with E-state index < -0.39 is 17.9 Å². The third-order valence-electron chi connectivity index (χ3n) is 4.60. The predicted molar refractivity (Wildman–Crippen MR) is 105 cm³/mol. The molecule has 0 radical (unpaired) electrons. The summed E-state index contributed by atoms with van der Waals surface area (Å²) in [5.74, 6) is -0.409. The van der Waals surface area contributed by atoms with Crippen molar-refractivity contribution in [2.75, 3.05) is 12.4 Å². The Labute approximate surface area is 160 Å². The average molecular weight is 377 g/mol. The minimum absolute atomic E-state index is 0.114. The molecule has 1 heterocycles. The van der Waals surface area contributed by atoms with Gasteiger partial charge in [0.1, 0.15) is 11.9 Å². The predicted octanol–water partition coefficient (Wildman–Crippen LogP) is 1.93. The van der Waals surface area contributed by atoms with Crippen molar-refractivity contribution in [1.82, 2.24) is 14.5 Å². The molecule has 0 saturated carbocycles. The molecule has 8 heteroatoms.